The molecule has 0 aromatic carbocycles. The molecule has 2 aromatic heterocycles. The summed E-state index contributed by atoms with van der Waals surface area (Å²) in [6, 6.07) is 7.65. The second-order valence-electron chi connectivity index (χ2n) is 15.6. The molecule has 2 heterocycles. The molecule has 320 valence electrons. The standard InChI is InChI=1S/C44H78N2O7.2BrH/c1-3-5-7-9-11-13-15-17-19-21-27-45-29-23-25-41(31-45)52-39-43(33-47,34-48)37-51-38-44(35-49,36-50)40-53-42-26-24-30-46(32-42)28-22-20-18-16-14-12-10-8-6-4-2;;/h23-26,29-32,47-50H,3-22,27-28,33-40H2,1-2H3;2*1H/q+2;;/p-2. The van der Waals surface area contributed by atoms with Gasteiger partial charge >= 0.3 is 0 Å². The largest absolute Gasteiger partial charge is 1.00 e. The fourth-order valence-corrected chi connectivity index (χ4v) is 6.51. The van der Waals surface area contributed by atoms with E-state index in [1.54, 1.807) is 0 Å². The Kier molecular flexibility index (Phi) is 33.8. The van der Waals surface area contributed by atoms with Crippen LogP contribution in [0.3, 0.4) is 0 Å². The highest BCUT2D eigenvalue weighted by molar-refractivity contribution is 5.13. The number of unbranched alkanes of at least 4 members (excludes halogenated alkanes) is 18. The third kappa shape index (κ3) is 24.2. The molecule has 0 aliphatic carbocycles. The highest BCUT2D eigenvalue weighted by atomic mass is 79.9. The molecule has 0 saturated carbocycles. The molecule has 55 heavy (non-hydrogen) atoms. The molecular weight excluding hydrogens is 828 g/mol. The van der Waals surface area contributed by atoms with Crippen LogP contribution in [0.1, 0.15) is 142 Å². The Morgan fingerprint density at radius 3 is 1.07 bits per heavy atom. The first kappa shape index (κ1) is 53.7. The summed E-state index contributed by atoms with van der Waals surface area (Å²) in [6.45, 7) is 5.02. The second-order valence-corrected chi connectivity index (χ2v) is 15.6. The topological polar surface area (TPSA) is 116 Å². The van der Waals surface area contributed by atoms with Crippen LogP contribution in [-0.4, -0.2) is 73.3 Å². The zero-order chi connectivity index (χ0) is 38.3. The van der Waals surface area contributed by atoms with Crippen molar-refractivity contribution in [3.05, 3.63) is 49.1 Å². The van der Waals surface area contributed by atoms with Gasteiger partial charge in [-0.05, 0) is 25.0 Å². The highest BCUT2D eigenvalue weighted by Gasteiger charge is 2.35. The van der Waals surface area contributed by atoms with E-state index in [1.165, 1.54) is 116 Å². The Morgan fingerprint density at radius 1 is 0.455 bits per heavy atom. The summed E-state index contributed by atoms with van der Waals surface area (Å²) >= 11 is 0. The van der Waals surface area contributed by atoms with E-state index in [0.717, 1.165) is 25.9 Å². The summed E-state index contributed by atoms with van der Waals surface area (Å²) < 4.78 is 22.4. The molecule has 0 aliphatic rings. The number of pyridine rings is 2. The Hall–Kier alpha value is -1.34. The Balaban J connectivity index is 0.0000146. The number of aromatic nitrogens is 2. The molecule has 2 aromatic rings. The quantitative estimate of drug-likeness (QED) is 0.0607. The van der Waals surface area contributed by atoms with Gasteiger partial charge in [-0.15, -0.1) is 0 Å². The summed E-state index contributed by atoms with van der Waals surface area (Å²) in [7, 11) is 0. The van der Waals surface area contributed by atoms with E-state index < -0.39 is 10.8 Å². The number of hydrogen-bond donors (Lipinski definition) is 4. The van der Waals surface area contributed by atoms with Gasteiger partial charge in [0.2, 0.25) is 12.4 Å². The van der Waals surface area contributed by atoms with E-state index in [9.17, 15) is 20.4 Å². The van der Waals surface area contributed by atoms with Crippen LogP contribution in [0.25, 0.3) is 0 Å². The number of aliphatic hydroxyl groups excluding tert-OH is 4. The van der Waals surface area contributed by atoms with E-state index in [-0.39, 0.29) is 86.8 Å². The van der Waals surface area contributed by atoms with Crippen molar-refractivity contribution in [1.29, 1.82) is 0 Å². The first-order valence-electron chi connectivity index (χ1n) is 21.2. The first-order chi connectivity index (χ1) is 26.0. The van der Waals surface area contributed by atoms with E-state index in [1.807, 2.05) is 49.1 Å². The van der Waals surface area contributed by atoms with Crippen LogP contribution in [0, 0.1) is 10.8 Å². The van der Waals surface area contributed by atoms with Gasteiger partial charge in [-0.1, -0.05) is 117 Å². The number of hydrogen-bond acceptors (Lipinski definition) is 7. The maximum atomic E-state index is 10.3. The predicted octanol–water partition coefficient (Wildman–Crippen LogP) is 1.53. The van der Waals surface area contributed by atoms with Gasteiger partial charge in [0.15, 0.2) is 23.9 Å². The lowest BCUT2D eigenvalue weighted by Gasteiger charge is -2.33. The molecule has 0 saturated heterocycles. The molecule has 0 atom stereocenters. The van der Waals surface area contributed by atoms with Crippen molar-refractivity contribution in [2.24, 2.45) is 10.8 Å². The van der Waals surface area contributed by atoms with Crippen molar-refractivity contribution in [1.82, 2.24) is 0 Å². The van der Waals surface area contributed by atoms with Gasteiger partial charge < -0.3 is 68.6 Å². The number of nitrogens with zero attached hydrogens (tertiary/aromatic N) is 2. The zero-order valence-corrected chi connectivity index (χ0v) is 37.7. The maximum absolute atomic E-state index is 10.3. The minimum atomic E-state index is -1.06. The van der Waals surface area contributed by atoms with E-state index in [2.05, 4.69) is 23.0 Å². The summed E-state index contributed by atoms with van der Waals surface area (Å²) in [4.78, 5) is 0. The van der Waals surface area contributed by atoms with Gasteiger partial charge in [-0.3, -0.25) is 0 Å². The normalized spacial score (nSPS) is 11.6. The fourth-order valence-electron chi connectivity index (χ4n) is 6.51. The third-order valence-electron chi connectivity index (χ3n) is 10.5. The van der Waals surface area contributed by atoms with Crippen molar-refractivity contribution >= 4 is 0 Å². The lowest BCUT2D eigenvalue weighted by molar-refractivity contribution is -0.697. The first-order valence-corrected chi connectivity index (χ1v) is 21.2. The molecule has 0 fully saturated rings. The number of rotatable bonds is 36. The molecule has 9 nitrogen and oxygen atoms in total. The van der Waals surface area contributed by atoms with Crippen LogP contribution >= 0.6 is 0 Å². The zero-order valence-electron chi connectivity index (χ0n) is 34.5. The summed E-state index contributed by atoms with van der Waals surface area (Å²) in [5.74, 6) is 1.32. The molecule has 2 rings (SSSR count). The molecule has 0 spiro atoms. The average Bonchev–Trinajstić information content (AvgIpc) is 3.19. The third-order valence-corrected chi connectivity index (χ3v) is 10.5. The van der Waals surface area contributed by atoms with Crippen molar-refractivity contribution < 1.29 is 77.7 Å². The van der Waals surface area contributed by atoms with Gasteiger partial charge in [-0.2, -0.15) is 0 Å². The van der Waals surface area contributed by atoms with Crippen LogP contribution in [-0.2, 0) is 17.8 Å². The average molecular weight is 907 g/mol. The predicted molar refractivity (Wildman–Crippen MR) is 212 cm³/mol. The maximum Gasteiger partial charge on any atom is 0.211 e. The van der Waals surface area contributed by atoms with Gasteiger partial charge in [-0.25, -0.2) is 9.13 Å². The van der Waals surface area contributed by atoms with Crippen LogP contribution in [0.5, 0.6) is 11.5 Å². The van der Waals surface area contributed by atoms with Crippen molar-refractivity contribution in [3.63, 3.8) is 0 Å². The Bertz CT molecular complexity index is 1070. The summed E-state index contributed by atoms with van der Waals surface area (Å²) in [5.41, 5.74) is -2.12. The molecule has 0 bridgehead atoms. The molecule has 0 unspecified atom stereocenters. The van der Waals surface area contributed by atoms with E-state index in [4.69, 9.17) is 14.2 Å². The van der Waals surface area contributed by atoms with Crippen LogP contribution < -0.4 is 52.6 Å². The summed E-state index contributed by atoms with van der Waals surface area (Å²) in [6.07, 6.45) is 33.9. The minimum absolute atomic E-state index is 0. The van der Waals surface area contributed by atoms with Gasteiger partial charge in [0, 0.05) is 25.0 Å². The van der Waals surface area contributed by atoms with E-state index in [0.29, 0.717) is 11.5 Å². The highest BCUT2D eigenvalue weighted by Crippen LogP contribution is 2.24. The number of halogens is 2. The SMILES string of the molecule is CCCCCCCCCCCC[n+]1cccc(OCC(CO)(CO)COCC(CO)(CO)COc2ccc[n+](CCCCCCCCCCCC)c2)c1.[Br-].[Br-]. The molecule has 0 radical (unpaired) electrons. The second kappa shape index (κ2) is 34.7. The minimum Gasteiger partial charge on any atom is -1.00 e. The van der Waals surface area contributed by atoms with Crippen molar-refractivity contribution in [2.45, 2.75) is 155 Å². The van der Waals surface area contributed by atoms with Gasteiger partial charge in [0.05, 0.1) is 50.5 Å². The summed E-state index contributed by atoms with van der Waals surface area (Å²) in [5, 5.41) is 41.2. The van der Waals surface area contributed by atoms with Crippen molar-refractivity contribution in [3.8, 4) is 11.5 Å². The van der Waals surface area contributed by atoms with Gasteiger partial charge in [0.1, 0.15) is 26.3 Å². The number of aliphatic hydroxyl groups is 4. The Labute approximate surface area is 355 Å². The lowest BCUT2D eigenvalue weighted by Crippen LogP contribution is -3.00. The molecule has 0 amide bonds. The molecule has 11 heteroatoms. The van der Waals surface area contributed by atoms with Crippen LogP contribution in [0.4, 0.5) is 0 Å². The van der Waals surface area contributed by atoms with Crippen LogP contribution in [0.2, 0.25) is 0 Å². The van der Waals surface area contributed by atoms with E-state index >= 15 is 0 Å². The number of ether oxygens (including phenoxy) is 3. The van der Waals surface area contributed by atoms with Gasteiger partial charge in [0.25, 0.3) is 0 Å². The molecule has 0 aliphatic heterocycles. The molecular formula is C44H78Br2N2O7. The fraction of sp³-hybridized carbons (Fsp3) is 0.773. The smallest absolute Gasteiger partial charge is 0.211 e. The van der Waals surface area contributed by atoms with Crippen LogP contribution in [0.15, 0.2) is 49.1 Å². The van der Waals surface area contributed by atoms with Crippen molar-refractivity contribution in [2.75, 3.05) is 52.9 Å². The number of aryl methyl sites for hydroxylation is 2. The lowest BCUT2D eigenvalue weighted by atomic mass is 9.90. The monoisotopic (exact) mass is 904 g/mol. The molecule has 4 N–H and O–H groups in total. The Morgan fingerprint density at radius 2 is 0.764 bits per heavy atom.